The summed E-state index contributed by atoms with van der Waals surface area (Å²) in [6.45, 7) is 0.597. The number of aromatic nitrogens is 2. The number of nitrogens with two attached hydrogens (primary N) is 1. The van der Waals surface area contributed by atoms with E-state index in [0.717, 1.165) is 11.4 Å². The molecule has 0 bridgehead atoms. The van der Waals surface area contributed by atoms with E-state index in [1.807, 2.05) is 12.3 Å². The first kappa shape index (κ1) is 8.92. The van der Waals surface area contributed by atoms with Gasteiger partial charge in [0, 0.05) is 31.0 Å². The molecule has 3 heteroatoms. The van der Waals surface area contributed by atoms with Gasteiger partial charge in [-0.3, -0.25) is 4.98 Å². The van der Waals surface area contributed by atoms with Gasteiger partial charge < -0.3 is 10.3 Å². The summed E-state index contributed by atoms with van der Waals surface area (Å²) in [5.74, 6) is 0.725. The minimum absolute atomic E-state index is 0.597. The Balaban J connectivity index is 2.36. The van der Waals surface area contributed by atoms with Crippen LogP contribution in [0.25, 0.3) is 11.0 Å². The molecule has 2 heterocycles. The molecule has 1 fully saturated rings. The number of hydrogen-bond acceptors (Lipinski definition) is 2. The maximum absolute atomic E-state index is 5.84. The SMILES string of the molecule is Cn1c(C2CC2)c(CN)c2ncccc21. The Kier molecular flexibility index (Phi) is 1.83. The van der Waals surface area contributed by atoms with Gasteiger partial charge in [0.1, 0.15) is 0 Å². The molecule has 0 aliphatic heterocycles. The summed E-state index contributed by atoms with van der Waals surface area (Å²) in [4.78, 5) is 4.44. The Morgan fingerprint density at radius 3 is 3.00 bits per heavy atom. The smallest absolute Gasteiger partial charge is 0.0928 e. The van der Waals surface area contributed by atoms with Crippen LogP contribution in [-0.4, -0.2) is 9.55 Å². The van der Waals surface area contributed by atoms with Crippen molar-refractivity contribution in [3.8, 4) is 0 Å². The van der Waals surface area contributed by atoms with E-state index in [-0.39, 0.29) is 0 Å². The zero-order chi connectivity index (χ0) is 10.4. The van der Waals surface area contributed by atoms with Crippen LogP contribution in [0.4, 0.5) is 0 Å². The first-order valence-corrected chi connectivity index (χ1v) is 5.45. The molecule has 1 aliphatic rings. The summed E-state index contributed by atoms with van der Waals surface area (Å²) in [7, 11) is 2.12. The largest absolute Gasteiger partial charge is 0.346 e. The third-order valence-corrected chi connectivity index (χ3v) is 3.27. The lowest BCUT2D eigenvalue weighted by molar-refractivity contribution is 0.834. The van der Waals surface area contributed by atoms with Gasteiger partial charge in [0.2, 0.25) is 0 Å². The van der Waals surface area contributed by atoms with Crippen molar-refractivity contribution in [2.75, 3.05) is 0 Å². The lowest BCUT2D eigenvalue weighted by Crippen LogP contribution is -2.02. The Morgan fingerprint density at radius 1 is 1.53 bits per heavy atom. The van der Waals surface area contributed by atoms with E-state index in [9.17, 15) is 0 Å². The number of aryl methyl sites for hydroxylation is 1. The van der Waals surface area contributed by atoms with Crippen molar-refractivity contribution in [1.29, 1.82) is 0 Å². The van der Waals surface area contributed by atoms with Gasteiger partial charge in [-0.05, 0) is 30.9 Å². The lowest BCUT2D eigenvalue weighted by Gasteiger charge is -2.03. The van der Waals surface area contributed by atoms with E-state index in [2.05, 4.69) is 22.7 Å². The molecule has 2 N–H and O–H groups in total. The molecular weight excluding hydrogens is 186 g/mol. The second-order valence-electron chi connectivity index (χ2n) is 4.27. The Hall–Kier alpha value is -1.35. The van der Waals surface area contributed by atoms with Gasteiger partial charge in [0.15, 0.2) is 0 Å². The molecule has 78 valence electrons. The summed E-state index contributed by atoms with van der Waals surface area (Å²) < 4.78 is 2.27. The maximum atomic E-state index is 5.84. The van der Waals surface area contributed by atoms with Crippen molar-refractivity contribution in [2.45, 2.75) is 25.3 Å². The fourth-order valence-electron chi connectivity index (χ4n) is 2.43. The molecule has 0 spiro atoms. The number of fused-ring (bicyclic) bond motifs is 1. The molecule has 2 aromatic rings. The summed E-state index contributed by atoms with van der Waals surface area (Å²) in [6.07, 6.45) is 4.45. The standard InChI is InChI=1S/C12H15N3/c1-15-10-3-2-6-14-11(10)9(7-13)12(15)8-4-5-8/h2-3,6,8H,4-5,7,13H2,1H3. The fourth-order valence-corrected chi connectivity index (χ4v) is 2.43. The minimum Gasteiger partial charge on any atom is -0.346 e. The van der Waals surface area contributed by atoms with Crippen LogP contribution < -0.4 is 5.73 Å². The first-order valence-electron chi connectivity index (χ1n) is 5.45. The Bertz CT molecular complexity index is 509. The third-order valence-electron chi connectivity index (χ3n) is 3.27. The van der Waals surface area contributed by atoms with E-state index in [4.69, 9.17) is 5.73 Å². The van der Waals surface area contributed by atoms with Gasteiger partial charge in [-0.2, -0.15) is 0 Å². The van der Waals surface area contributed by atoms with Crippen molar-refractivity contribution in [3.63, 3.8) is 0 Å². The highest BCUT2D eigenvalue weighted by Crippen LogP contribution is 2.43. The zero-order valence-electron chi connectivity index (χ0n) is 8.90. The van der Waals surface area contributed by atoms with Gasteiger partial charge in [-0.1, -0.05) is 0 Å². The molecule has 1 saturated carbocycles. The molecule has 0 amide bonds. The molecule has 1 aliphatic carbocycles. The molecule has 3 rings (SSSR count). The van der Waals surface area contributed by atoms with Crippen LogP contribution in [0.2, 0.25) is 0 Å². The lowest BCUT2D eigenvalue weighted by atomic mass is 10.1. The molecular formula is C12H15N3. The van der Waals surface area contributed by atoms with Crippen molar-refractivity contribution >= 4 is 11.0 Å². The average Bonchev–Trinajstić information content (AvgIpc) is 3.05. The van der Waals surface area contributed by atoms with Gasteiger partial charge in [0.05, 0.1) is 11.0 Å². The van der Waals surface area contributed by atoms with Crippen molar-refractivity contribution < 1.29 is 0 Å². The van der Waals surface area contributed by atoms with Crippen LogP contribution in [0.15, 0.2) is 18.3 Å². The number of nitrogens with zero attached hydrogens (tertiary/aromatic N) is 2. The number of hydrogen-bond donors (Lipinski definition) is 1. The van der Waals surface area contributed by atoms with Crippen molar-refractivity contribution in [1.82, 2.24) is 9.55 Å². The number of rotatable bonds is 2. The highest BCUT2D eigenvalue weighted by Gasteiger charge is 2.30. The second kappa shape index (κ2) is 3.07. The van der Waals surface area contributed by atoms with Crippen LogP contribution in [0.1, 0.15) is 30.0 Å². The van der Waals surface area contributed by atoms with Crippen LogP contribution in [0.3, 0.4) is 0 Å². The van der Waals surface area contributed by atoms with E-state index in [0.29, 0.717) is 6.54 Å². The third kappa shape index (κ3) is 1.20. The van der Waals surface area contributed by atoms with Crippen LogP contribution >= 0.6 is 0 Å². The zero-order valence-corrected chi connectivity index (χ0v) is 8.90. The van der Waals surface area contributed by atoms with Crippen LogP contribution in [0, 0.1) is 0 Å². The molecule has 0 atom stereocenters. The van der Waals surface area contributed by atoms with Gasteiger partial charge in [-0.15, -0.1) is 0 Å². The summed E-state index contributed by atoms with van der Waals surface area (Å²) in [5.41, 5.74) is 10.8. The molecule has 15 heavy (non-hydrogen) atoms. The first-order chi connectivity index (χ1) is 7.33. The quantitative estimate of drug-likeness (QED) is 0.806. The van der Waals surface area contributed by atoms with E-state index >= 15 is 0 Å². The van der Waals surface area contributed by atoms with Crippen molar-refractivity contribution in [2.24, 2.45) is 12.8 Å². The highest BCUT2D eigenvalue weighted by atomic mass is 15.0. The van der Waals surface area contributed by atoms with E-state index in [1.54, 1.807) is 0 Å². The van der Waals surface area contributed by atoms with Gasteiger partial charge in [0.25, 0.3) is 0 Å². The summed E-state index contributed by atoms with van der Waals surface area (Å²) >= 11 is 0. The average molecular weight is 201 g/mol. The minimum atomic E-state index is 0.597. The Morgan fingerprint density at radius 2 is 2.33 bits per heavy atom. The van der Waals surface area contributed by atoms with Crippen LogP contribution in [0.5, 0.6) is 0 Å². The molecule has 0 aromatic carbocycles. The van der Waals surface area contributed by atoms with Gasteiger partial charge >= 0.3 is 0 Å². The van der Waals surface area contributed by atoms with E-state index < -0.39 is 0 Å². The predicted octanol–water partition coefficient (Wildman–Crippen LogP) is 1.91. The fraction of sp³-hybridized carbons (Fsp3) is 0.417. The Labute approximate surface area is 88.9 Å². The summed E-state index contributed by atoms with van der Waals surface area (Å²) in [5, 5.41) is 0. The molecule has 2 aromatic heterocycles. The topological polar surface area (TPSA) is 43.8 Å². The normalized spacial score (nSPS) is 16.1. The predicted molar refractivity (Wildman–Crippen MR) is 60.6 cm³/mol. The molecule has 0 unspecified atom stereocenters. The van der Waals surface area contributed by atoms with E-state index in [1.165, 1.54) is 29.6 Å². The summed E-state index contributed by atoms with van der Waals surface area (Å²) in [6, 6.07) is 4.10. The second-order valence-corrected chi connectivity index (χ2v) is 4.27. The maximum Gasteiger partial charge on any atom is 0.0928 e. The van der Waals surface area contributed by atoms with Crippen LogP contribution in [-0.2, 0) is 13.6 Å². The molecule has 0 radical (unpaired) electrons. The van der Waals surface area contributed by atoms with Gasteiger partial charge in [-0.25, -0.2) is 0 Å². The molecule has 3 nitrogen and oxygen atoms in total. The highest BCUT2D eigenvalue weighted by molar-refractivity contribution is 5.81. The number of pyridine rings is 1. The monoisotopic (exact) mass is 201 g/mol. The van der Waals surface area contributed by atoms with Crippen molar-refractivity contribution in [3.05, 3.63) is 29.6 Å². The molecule has 0 saturated heterocycles.